The summed E-state index contributed by atoms with van der Waals surface area (Å²) in [5, 5.41) is 4.32. The molecule has 0 amide bonds. The van der Waals surface area contributed by atoms with Crippen LogP contribution in [0, 0.1) is 6.57 Å². The monoisotopic (exact) mass is 426 g/mol. The van der Waals surface area contributed by atoms with Crippen LogP contribution < -0.4 is 10.2 Å². The summed E-state index contributed by atoms with van der Waals surface area (Å²) in [5.74, 6) is 0.0891. The molecular formula is C27H30N4O. The predicted octanol–water partition coefficient (Wildman–Crippen LogP) is 5.34. The van der Waals surface area contributed by atoms with Crippen LogP contribution in [0.15, 0.2) is 30.3 Å². The van der Waals surface area contributed by atoms with Crippen molar-refractivity contribution in [2.45, 2.75) is 51.5 Å². The van der Waals surface area contributed by atoms with E-state index >= 15 is 0 Å². The number of benzene rings is 2. The van der Waals surface area contributed by atoms with Gasteiger partial charge in [0.15, 0.2) is 11.5 Å². The number of aromatic amines is 1. The molecule has 1 saturated heterocycles. The molecule has 1 fully saturated rings. The van der Waals surface area contributed by atoms with Gasteiger partial charge < -0.3 is 15.2 Å². The van der Waals surface area contributed by atoms with E-state index < -0.39 is 0 Å². The highest BCUT2D eigenvalue weighted by molar-refractivity contribution is 6.20. The van der Waals surface area contributed by atoms with Gasteiger partial charge in [-0.3, -0.25) is 4.79 Å². The lowest BCUT2D eigenvalue weighted by Crippen LogP contribution is -2.42. The number of rotatable bonds is 3. The molecule has 0 unspecified atom stereocenters. The van der Waals surface area contributed by atoms with Crippen molar-refractivity contribution in [3.8, 4) is 0 Å². The minimum Gasteiger partial charge on any atom is -0.371 e. The molecule has 3 aromatic rings. The van der Waals surface area contributed by atoms with E-state index in [-0.39, 0.29) is 11.2 Å². The standard InChI is InChI=1S/C27H30N4O/c1-6-16-13-20-21(15-23(16)31-11-9-17(28-4)10-12-31)27(2,3)26-24(25(20)32)19-8-7-18(29-5)14-22(19)30-26/h7-8,13-15,17,28,30H,6,9-12H2,1-4H3. The Hall–Kier alpha value is -3.10. The van der Waals surface area contributed by atoms with Gasteiger partial charge in [0.25, 0.3) is 0 Å². The van der Waals surface area contributed by atoms with Crippen molar-refractivity contribution in [2.24, 2.45) is 0 Å². The van der Waals surface area contributed by atoms with Crippen molar-refractivity contribution in [1.29, 1.82) is 0 Å². The molecule has 5 heteroatoms. The van der Waals surface area contributed by atoms with Crippen molar-refractivity contribution in [3.05, 3.63) is 69.7 Å². The third-order valence-electron chi connectivity index (χ3n) is 7.52. The van der Waals surface area contributed by atoms with Crippen LogP contribution in [0.5, 0.6) is 0 Å². The molecule has 2 aromatic carbocycles. The number of nitrogens with zero attached hydrogens (tertiary/aromatic N) is 2. The predicted molar refractivity (Wildman–Crippen MR) is 130 cm³/mol. The molecule has 2 N–H and O–H groups in total. The van der Waals surface area contributed by atoms with E-state index in [1.54, 1.807) is 6.07 Å². The zero-order chi connectivity index (χ0) is 22.6. The second-order valence-electron chi connectivity index (χ2n) is 9.60. The Morgan fingerprint density at radius 3 is 2.62 bits per heavy atom. The Balaban J connectivity index is 1.66. The van der Waals surface area contributed by atoms with Crippen LogP contribution in [-0.4, -0.2) is 36.9 Å². The molecule has 5 rings (SSSR count). The minimum absolute atomic E-state index is 0.0891. The molecule has 5 nitrogen and oxygen atoms in total. The lowest BCUT2D eigenvalue weighted by molar-refractivity contribution is 0.103. The molecule has 32 heavy (non-hydrogen) atoms. The fraction of sp³-hybridized carbons (Fsp3) is 0.407. The molecule has 1 aliphatic carbocycles. The first-order valence-electron chi connectivity index (χ1n) is 11.6. The van der Waals surface area contributed by atoms with Gasteiger partial charge >= 0.3 is 0 Å². The van der Waals surface area contributed by atoms with E-state index in [0.29, 0.717) is 11.7 Å². The summed E-state index contributed by atoms with van der Waals surface area (Å²) in [7, 11) is 2.05. The summed E-state index contributed by atoms with van der Waals surface area (Å²) in [6.45, 7) is 16.0. The van der Waals surface area contributed by atoms with Crippen LogP contribution in [0.25, 0.3) is 15.7 Å². The van der Waals surface area contributed by atoms with Crippen LogP contribution in [0.4, 0.5) is 11.4 Å². The van der Waals surface area contributed by atoms with Gasteiger partial charge in [0, 0.05) is 52.4 Å². The van der Waals surface area contributed by atoms with Crippen LogP contribution in [0.2, 0.25) is 0 Å². The van der Waals surface area contributed by atoms with E-state index in [2.05, 4.69) is 52.9 Å². The number of H-pyrrole nitrogens is 1. The zero-order valence-electron chi connectivity index (χ0n) is 19.3. The molecule has 0 atom stereocenters. The lowest BCUT2D eigenvalue weighted by Gasteiger charge is -2.38. The average Bonchev–Trinajstić information content (AvgIpc) is 3.22. The Kier molecular flexibility index (Phi) is 4.87. The number of ketones is 1. The maximum Gasteiger partial charge on any atom is 0.195 e. The quantitative estimate of drug-likeness (QED) is 0.556. The van der Waals surface area contributed by atoms with Crippen molar-refractivity contribution >= 4 is 28.1 Å². The van der Waals surface area contributed by atoms with Crippen LogP contribution in [0.1, 0.15) is 66.4 Å². The van der Waals surface area contributed by atoms with E-state index in [0.717, 1.165) is 65.6 Å². The van der Waals surface area contributed by atoms with Gasteiger partial charge in [-0.15, -0.1) is 0 Å². The topological polar surface area (TPSA) is 52.5 Å². The van der Waals surface area contributed by atoms with Crippen molar-refractivity contribution in [2.75, 3.05) is 25.0 Å². The van der Waals surface area contributed by atoms with Crippen molar-refractivity contribution in [1.82, 2.24) is 10.3 Å². The lowest BCUT2D eigenvalue weighted by atomic mass is 9.70. The number of carbonyl (C=O) groups excluding carboxylic acids is 1. The van der Waals surface area contributed by atoms with Crippen molar-refractivity contribution < 1.29 is 4.79 Å². The Labute approximate surface area is 189 Å². The Morgan fingerprint density at radius 1 is 1.22 bits per heavy atom. The highest BCUT2D eigenvalue weighted by Crippen LogP contribution is 2.46. The van der Waals surface area contributed by atoms with Gasteiger partial charge in [-0.2, -0.15) is 0 Å². The number of fused-ring (bicyclic) bond motifs is 4. The van der Waals surface area contributed by atoms with Crippen LogP contribution >= 0.6 is 0 Å². The van der Waals surface area contributed by atoms with Gasteiger partial charge in [-0.25, -0.2) is 4.85 Å². The maximum absolute atomic E-state index is 13.8. The minimum atomic E-state index is -0.333. The van der Waals surface area contributed by atoms with E-state index in [4.69, 9.17) is 6.57 Å². The first-order valence-corrected chi connectivity index (χ1v) is 11.6. The maximum atomic E-state index is 13.8. The van der Waals surface area contributed by atoms with Crippen molar-refractivity contribution in [3.63, 3.8) is 0 Å². The fourth-order valence-corrected chi connectivity index (χ4v) is 5.55. The largest absolute Gasteiger partial charge is 0.371 e. The number of hydrogen-bond donors (Lipinski definition) is 2. The molecule has 0 spiro atoms. The highest BCUT2D eigenvalue weighted by Gasteiger charge is 2.40. The number of aryl methyl sites for hydroxylation is 1. The summed E-state index contributed by atoms with van der Waals surface area (Å²) in [6.07, 6.45) is 3.17. The van der Waals surface area contributed by atoms with Crippen LogP contribution in [-0.2, 0) is 11.8 Å². The third-order valence-corrected chi connectivity index (χ3v) is 7.52. The Bertz CT molecular complexity index is 1270. The normalized spacial score (nSPS) is 17.8. The van der Waals surface area contributed by atoms with E-state index in [9.17, 15) is 4.79 Å². The number of piperidine rings is 1. The van der Waals surface area contributed by atoms with Crippen LogP contribution in [0.3, 0.4) is 0 Å². The summed E-state index contributed by atoms with van der Waals surface area (Å²) >= 11 is 0. The zero-order valence-corrected chi connectivity index (χ0v) is 19.3. The first kappa shape index (κ1) is 20.8. The molecular weight excluding hydrogens is 396 g/mol. The summed E-state index contributed by atoms with van der Waals surface area (Å²) in [4.78, 5) is 23.3. The Morgan fingerprint density at radius 2 is 1.97 bits per heavy atom. The molecule has 2 heterocycles. The SMILES string of the molecule is [C-]#[N+]c1ccc2c3c([nH]c2c1)C(C)(C)c1cc(N2CCC(NC)CC2)c(CC)cc1C3=O. The van der Waals surface area contributed by atoms with Gasteiger partial charge in [0.2, 0.25) is 0 Å². The molecule has 0 radical (unpaired) electrons. The number of nitrogens with one attached hydrogen (secondary N) is 2. The number of hydrogen-bond acceptors (Lipinski definition) is 3. The average molecular weight is 427 g/mol. The molecule has 1 aromatic heterocycles. The second kappa shape index (κ2) is 7.50. The second-order valence-corrected chi connectivity index (χ2v) is 9.60. The number of aromatic nitrogens is 1. The summed E-state index contributed by atoms with van der Waals surface area (Å²) in [5.41, 5.74) is 7.27. The number of carbonyl (C=O) groups is 1. The van der Waals surface area contributed by atoms with Gasteiger partial charge in [-0.1, -0.05) is 32.9 Å². The molecule has 0 bridgehead atoms. The van der Waals surface area contributed by atoms with E-state index in [1.807, 2.05) is 19.2 Å². The first-order chi connectivity index (χ1) is 15.4. The molecule has 2 aliphatic rings. The van der Waals surface area contributed by atoms with Gasteiger partial charge in [-0.05, 0) is 55.6 Å². The van der Waals surface area contributed by atoms with Gasteiger partial charge in [0.05, 0.1) is 12.1 Å². The fourth-order valence-electron chi connectivity index (χ4n) is 5.55. The molecule has 1 aliphatic heterocycles. The third kappa shape index (κ3) is 2.97. The highest BCUT2D eigenvalue weighted by atomic mass is 16.1. The molecule has 164 valence electrons. The number of anilines is 1. The summed E-state index contributed by atoms with van der Waals surface area (Å²) in [6, 6.07) is 10.6. The van der Waals surface area contributed by atoms with Gasteiger partial charge in [0.1, 0.15) is 0 Å². The molecule has 0 saturated carbocycles. The van der Waals surface area contributed by atoms with E-state index in [1.165, 1.54) is 11.3 Å². The smallest absolute Gasteiger partial charge is 0.195 e. The summed E-state index contributed by atoms with van der Waals surface area (Å²) < 4.78 is 0.